The first-order valence-corrected chi connectivity index (χ1v) is 20.0. The summed E-state index contributed by atoms with van der Waals surface area (Å²) in [4.78, 5) is 61.4. The molecule has 2 heterocycles. The zero-order valence-electron chi connectivity index (χ0n) is 32.2. The van der Waals surface area contributed by atoms with E-state index in [0.717, 1.165) is 0 Å². The summed E-state index contributed by atoms with van der Waals surface area (Å²) >= 11 is 6.49. The molecule has 2 aliphatic carbocycles. The van der Waals surface area contributed by atoms with E-state index >= 15 is 0 Å². The van der Waals surface area contributed by atoms with Crippen LogP contribution in [0.3, 0.4) is 0 Å². The maximum Gasteiger partial charge on any atom is 0.452 e. The molecule has 2 N–H and O–H groups in total. The predicted octanol–water partition coefficient (Wildman–Crippen LogP) is 5.22. The summed E-state index contributed by atoms with van der Waals surface area (Å²) < 4.78 is 53.0. The first-order chi connectivity index (χ1) is 25.0. The standard InChI is InChI=1S/C37H51ClN4O11S/c1-10-22-19-37(22,32(45)52-54(47,48)53-35(8)15-16-35)40-30(43)26-17-23(50-27-18-28(49-11-2)39-29-24(27)13-12-14-25(29)38)20-42(26)31(44)36(9,21(3)4)41-33(46)51-34(5,6)7/h12-14,18,21-23,26H,10-11,15-17,19-20H2,1-9H3,(H,40,43)(H,41,46)/t22?,23-,26?,36+,37-/m1/s1. The number of likely N-dealkylation sites (tertiary alicyclic amines) is 1. The number of benzene rings is 1. The van der Waals surface area contributed by atoms with Gasteiger partial charge >= 0.3 is 22.5 Å². The number of halogens is 1. The monoisotopic (exact) mass is 794 g/mol. The van der Waals surface area contributed by atoms with Crippen molar-refractivity contribution in [3.8, 4) is 11.6 Å². The Bertz CT molecular complexity index is 1910. The molecule has 15 nitrogen and oxygen atoms in total. The molecule has 1 aliphatic heterocycles. The third kappa shape index (κ3) is 8.97. The number of fused-ring (bicyclic) bond motifs is 1. The molecular formula is C37H51ClN4O11S. The van der Waals surface area contributed by atoms with Gasteiger partial charge in [-0.15, -0.1) is 0 Å². The number of ether oxygens (including phenoxy) is 3. The molecule has 3 fully saturated rings. The number of nitrogens with one attached hydrogen (secondary N) is 2. The minimum absolute atomic E-state index is 0.0335. The Morgan fingerprint density at radius 3 is 2.37 bits per heavy atom. The summed E-state index contributed by atoms with van der Waals surface area (Å²) in [6, 6.07) is 5.59. The Hall–Kier alpha value is -3.89. The number of nitrogens with zero attached hydrogens (tertiary/aromatic N) is 2. The van der Waals surface area contributed by atoms with Crippen LogP contribution in [0, 0.1) is 11.8 Å². The zero-order chi connectivity index (χ0) is 40.0. The van der Waals surface area contributed by atoms with Crippen LogP contribution in [0.15, 0.2) is 24.3 Å². The Kier molecular flexibility index (Phi) is 11.5. The molecule has 5 rings (SSSR count). The molecule has 1 saturated heterocycles. The molecule has 2 saturated carbocycles. The number of carbonyl (C=O) groups excluding carboxylic acids is 4. The Balaban J connectivity index is 1.47. The fraction of sp³-hybridized carbons (Fsp3) is 0.649. The molecule has 5 atom stereocenters. The van der Waals surface area contributed by atoms with Crippen molar-refractivity contribution >= 4 is 56.8 Å². The average molecular weight is 795 g/mol. The fourth-order valence-electron chi connectivity index (χ4n) is 6.54. The van der Waals surface area contributed by atoms with Gasteiger partial charge in [0, 0.05) is 17.9 Å². The minimum Gasteiger partial charge on any atom is -0.488 e. The lowest BCUT2D eigenvalue weighted by Crippen LogP contribution is -2.64. The van der Waals surface area contributed by atoms with Gasteiger partial charge in [0.2, 0.25) is 17.7 Å². The van der Waals surface area contributed by atoms with Gasteiger partial charge in [-0.1, -0.05) is 44.9 Å². The predicted molar refractivity (Wildman–Crippen MR) is 198 cm³/mol. The number of pyridine rings is 1. The first-order valence-electron chi connectivity index (χ1n) is 18.3. The number of rotatable bonds is 14. The molecule has 3 amide bonds. The molecule has 17 heteroatoms. The summed E-state index contributed by atoms with van der Waals surface area (Å²) in [5.74, 6) is -2.79. The number of aromatic nitrogens is 1. The van der Waals surface area contributed by atoms with E-state index in [0.29, 0.717) is 47.5 Å². The Morgan fingerprint density at radius 2 is 1.80 bits per heavy atom. The quantitative estimate of drug-likeness (QED) is 0.254. The summed E-state index contributed by atoms with van der Waals surface area (Å²) in [5.41, 5.74) is -4.58. The van der Waals surface area contributed by atoms with Gasteiger partial charge in [0.25, 0.3) is 0 Å². The number of para-hydroxylation sites is 1. The van der Waals surface area contributed by atoms with Crippen LogP contribution in [0.5, 0.6) is 11.6 Å². The maximum absolute atomic E-state index is 14.7. The lowest BCUT2D eigenvalue weighted by atomic mass is 9.86. The second kappa shape index (κ2) is 15.0. The molecule has 298 valence electrons. The van der Waals surface area contributed by atoms with Crippen molar-refractivity contribution in [1.29, 1.82) is 0 Å². The van der Waals surface area contributed by atoms with Crippen molar-refractivity contribution in [2.24, 2.45) is 11.8 Å². The van der Waals surface area contributed by atoms with E-state index in [-0.39, 0.29) is 25.3 Å². The van der Waals surface area contributed by atoms with Crippen LogP contribution in [0.4, 0.5) is 4.79 Å². The van der Waals surface area contributed by atoms with Gasteiger partial charge in [-0.05, 0) is 84.8 Å². The Morgan fingerprint density at radius 1 is 1.11 bits per heavy atom. The normalized spacial score (nSPS) is 24.4. The van der Waals surface area contributed by atoms with Crippen LogP contribution < -0.4 is 20.1 Å². The van der Waals surface area contributed by atoms with E-state index in [1.54, 1.807) is 86.6 Å². The van der Waals surface area contributed by atoms with E-state index in [4.69, 9.17) is 34.2 Å². The lowest BCUT2D eigenvalue weighted by molar-refractivity contribution is -0.147. The van der Waals surface area contributed by atoms with Crippen molar-refractivity contribution in [3.05, 3.63) is 29.3 Å². The second-order valence-electron chi connectivity index (χ2n) is 16.0. The molecule has 0 radical (unpaired) electrons. The van der Waals surface area contributed by atoms with Crippen LogP contribution in [-0.4, -0.2) is 89.8 Å². The van der Waals surface area contributed by atoms with Gasteiger partial charge in [0.05, 0.1) is 29.3 Å². The van der Waals surface area contributed by atoms with Crippen LogP contribution in [-0.2, 0) is 37.9 Å². The van der Waals surface area contributed by atoms with Crippen LogP contribution >= 0.6 is 11.6 Å². The van der Waals surface area contributed by atoms with E-state index in [2.05, 4.69) is 15.6 Å². The van der Waals surface area contributed by atoms with Gasteiger partial charge in [0.1, 0.15) is 34.6 Å². The second-order valence-corrected chi connectivity index (χ2v) is 17.6. The third-order valence-electron chi connectivity index (χ3n) is 10.2. The highest BCUT2D eigenvalue weighted by molar-refractivity contribution is 7.82. The molecule has 54 heavy (non-hydrogen) atoms. The van der Waals surface area contributed by atoms with Crippen LogP contribution in [0.25, 0.3) is 10.9 Å². The number of hydrogen-bond donors (Lipinski definition) is 2. The molecule has 2 unspecified atom stereocenters. The van der Waals surface area contributed by atoms with Gasteiger partial charge in [0.15, 0.2) is 0 Å². The van der Waals surface area contributed by atoms with Crippen LogP contribution in [0.2, 0.25) is 5.02 Å². The fourth-order valence-corrected chi connectivity index (χ4v) is 7.79. The molecule has 2 aromatic rings. The van der Waals surface area contributed by atoms with Gasteiger partial charge in [-0.3, -0.25) is 9.59 Å². The molecule has 1 aromatic heterocycles. The summed E-state index contributed by atoms with van der Waals surface area (Å²) in [6.07, 6.45) is -0.102. The minimum atomic E-state index is -4.72. The molecular weight excluding hydrogens is 744 g/mol. The number of alkyl carbamates (subject to hydrolysis) is 1. The highest BCUT2D eigenvalue weighted by Crippen LogP contribution is 2.48. The molecule has 0 spiro atoms. The van der Waals surface area contributed by atoms with Crippen LogP contribution in [0.1, 0.15) is 94.4 Å². The van der Waals surface area contributed by atoms with E-state index in [1.165, 1.54) is 4.90 Å². The van der Waals surface area contributed by atoms with Crippen molar-refractivity contribution in [1.82, 2.24) is 20.5 Å². The highest BCUT2D eigenvalue weighted by atomic mass is 35.5. The van der Waals surface area contributed by atoms with Crippen molar-refractivity contribution in [3.63, 3.8) is 0 Å². The maximum atomic E-state index is 14.7. The third-order valence-corrected chi connectivity index (χ3v) is 11.5. The van der Waals surface area contributed by atoms with Crippen molar-refractivity contribution in [2.45, 2.75) is 129 Å². The van der Waals surface area contributed by atoms with E-state index in [9.17, 15) is 27.6 Å². The van der Waals surface area contributed by atoms with Crippen molar-refractivity contribution < 1.29 is 50.2 Å². The molecule has 0 bridgehead atoms. The number of carbonyl (C=O) groups is 4. The summed E-state index contributed by atoms with van der Waals surface area (Å²) in [6.45, 7) is 15.6. The molecule has 3 aliphatic rings. The largest absolute Gasteiger partial charge is 0.488 e. The highest BCUT2D eigenvalue weighted by Gasteiger charge is 2.64. The van der Waals surface area contributed by atoms with Crippen molar-refractivity contribution in [2.75, 3.05) is 13.2 Å². The van der Waals surface area contributed by atoms with Gasteiger partial charge < -0.3 is 33.9 Å². The summed E-state index contributed by atoms with van der Waals surface area (Å²) in [7, 11) is -4.72. The number of amides is 3. The smallest absolute Gasteiger partial charge is 0.452 e. The SMILES string of the molecule is CCOc1cc(O[C@@H]2CC(C(=O)N[C@]3(C(=O)OS(=O)(=O)OC4(C)CC4)CC3CC)N(C(=O)[C@@](C)(NC(=O)OC(C)(C)C)C(C)C)C2)c2cccc(Cl)c2n1. The summed E-state index contributed by atoms with van der Waals surface area (Å²) in [5, 5.41) is 6.42. The average Bonchev–Trinajstić information content (AvgIpc) is 3.92. The van der Waals surface area contributed by atoms with E-state index in [1.807, 2.05) is 0 Å². The topological polar surface area (TPSA) is 189 Å². The number of hydrogen-bond acceptors (Lipinski definition) is 12. The van der Waals surface area contributed by atoms with E-state index < -0.39 is 80.5 Å². The lowest BCUT2D eigenvalue weighted by Gasteiger charge is -2.38. The zero-order valence-corrected chi connectivity index (χ0v) is 33.8. The molecule has 1 aromatic carbocycles. The Labute approximate surface area is 321 Å². The van der Waals surface area contributed by atoms with Gasteiger partial charge in [-0.2, -0.15) is 8.42 Å². The first kappa shape index (κ1) is 41.3. The van der Waals surface area contributed by atoms with Gasteiger partial charge in [-0.25, -0.2) is 18.8 Å².